The van der Waals surface area contributed by atoms with E-state index in [2.05, 4.69) is 27.6 Å². The number of hydrogen-bond acceptors (Lipinski definition) is 2. The van der Waals surface area contributed by atoms with Gasteiger partial charge in [0.25, 0.3) is 5.56 Å². The zero-order valence-electron chi connectivity index (χ0n) is 9.45. The number of aryl methyl sites for hydroxylation is 1. The summed E-state index contributed by atoms with van der Waals surface area (Å²) in [6, 6.07) is 5.89. The molecule has 1 aromatic carbocycles. The first kappa shape index (κ1) is 11.2. The molecule has 1 aliphatic heterocycles. The first-order valence-corrected chi connectivity index (χ1v) is 7.02. The lowest BCUT2D eigenvalue weighted by Crippen LogP contribution is -2.24. The van der Waals surface area contributed by atoms with Gasteiger partial charge in [-0.25, -0.2) is 4.98 Å². The van der Waals surface area contributed by atoms with Crippen LogP contribution in [-0.4, -0.2) is 9.55 Å². The summed E-state index contributed by atoms with van der Waals surface area (Å²) in [4.78, 5) is 17.0. The normalized spacial score (nSPS) is 15.6. The molecule has 1 aliphatic rings. The highest BCUT2D eigenvalue weighted by Crippen LogP contribution is 2.16. The summed E-state index contributed by atoms with van der Waals surface area (Å²) in [5, 5.41) is 0.752. The molecule has 4 heteroatoms. The number of hydrogen-bond donors (Lipinski definition) is 0. The summed E-state index contributed by atoms with van der Waals surface area (Å²) in [6.45, 7) is 0.822. The van der Waals surface area contributed by atoms with E-state index < -0.39 is 0 Å². The van der Waals surface area contributed by atoms with Gasteiger partial charge in [-0.15, -0.1) is 0 Å². The van der Waals surface area contributed by atoms with E-state index in [-0.39, 0.29) is 5.56 Å². The second kappa shape index (κ2) is 4.40. The van der Waals surface area contributed by atoms with Crippen LogP contribution in [0, 0.1) is 3.57 Å². The van der Waals surface area contributed by atoms with Gasteiger partial charge >= 0.3 is 0 Å². The molecule has 0 radical (unpaired) electrons. The zero-order chi connectivity index (χ0) is 11.8. The molecule has 0 fully saturated rings. The van der Waals surface area contributed by atoms with E-state index in [0.29, 0.717) is 0 Å². The molecule has 0 aliphatic carbocycles. The highest BCUT2D eigenvalue weighted by Gasteiger charge is 2.13. The van der Waals surface area contributed by atoms with Gasteiger partial charge in [0.2, 0.25) is 0 Å². The van der Waals surface area contributed by atoms with Crippen LogP contribution in [0.1, 0.15) is 25.1 Å². The summed E-state index contributed by atoms with van der Waals surface area (Å²) in [6.07, 6.45) is 4.35. The average molecular weight is 340 g/mol. The lowest BCUT2D eigenvalue weighted by atomic mass is 10.2. The average Bonchev–Trinajstić information content (AvgIpc) is 2.56. The number of fused-ring (bicyclic) bond motifs is 2. The van der Waals surface area contributed by atoms with Gasteiger partial charge < -0.3 is 0 Å². The molecule has 2 heterocycles. The third-order valence-electron chi connectivity index (χ3n) is 3.28. The van der Waals surface area contributed by atoms with Gasteiger partial charge in [-0.3, -0.25) is 9.36 Å². The van der Waals surface area contributed by atoms with Crippen LogP contribution in [0.15, 0.2) is 23.0 Å². The third kappa shape index (κ3) is 1.99. The quantitative estimate of drug-likeness (QED) is 0.692. The molecule has 0 saturated carbocycles. The van der Waals surface area contributed by atoms with Crippen molar-refractivity contribution in [2.45, 2.75) is 32.2 Å². The molecule has 0 unspecified atom stereocenters. The fourth-order valence-corrected chi connectivity index (χ4v) is 2.88. The van der Waals surface area contributed by atoms with Crippen molar-refractivity contribution in [2.75, 3.05) is 0 Å². The SMILES string of the molecule is O=c1c2cc(I)ccc2nc2n1CCCCC2. The maximum atomic E-state index is 12.4. The second-order valence-corrected chi connectivity index (χ2v) is 5.70. The molecule has 0 N–H and O–H groups in total. The Hall–Kier alpha value is -0.910. The summed E-state index contributed by atoms with van der Waals surface area (Å²) >= 11 is 2.23. The molecule has 3 nitrogen and oxygen atoms in total. The van der Waals surface area contributed by atoms with Gasteiger partial charge in [-0.2, -0.15) is 0 Å². The van der Waals surface area contributed by atoms with Crippen LogP contribution in [0.5, 0.6) is 0 Å². The van der Waals surface area contributed by atoms with Crippen molar-refractivity contribution in [3.63, 3.8) is 0 Å². The van der Waals surface area contributed by atoms with Gasteiger partial charge in [0.1, 0.15) is 5.82 Å². The minimum absolute atomic E-state index is 0.130. The number of halogens is 1. The van der Waals surface area contributed by atoms with Crippen molar-refractivity contribution in [3.8, 4) is 0 Å². The minimum Gasteiger partial charge on any atom is -0.296 e. The number of benzene rings is 1. The Bertz CT molecular complexity index is 633. The van der Waals surface area contributed by atoms with E-state index in [4.69, 9.17) is 0 Å². The molecular formula is C13H13IN2O. The molecule has 1 aromatic heterocycles. The fraction of sp³-hybridized carbons (Fsp3) is 0.385. The van der Waals surface area contributed by atoms with Crippen molar-refractivity contribution < 1.29 is 0 Å². The molecular weight excluding hydrogens is 327 g/mol. The molecule has 0 spiro atoms. The van der Waals surface area contributed by atoms with E-state index in [9.17, 15) is 4.79 Å². The Morgan fingerprint density at radius 3 is 3.00 bits per heavy atom. The van der Waals surface area contributed by atoms with Crippen molar-refractivity contribution in [1.29, 1.82) is 0 Å². The van der Waals surface area contributed by atoms with E-state index in [1.165, 1.54) is 6.42 Å². The molecule has 88 valence electrons. The predicted molar refractivity (Wildman–Crippen MR) is 76.3 cm³/mol. The predicted octanol–water partition coefficient (Wildman–Crippen LogP) is 2.73. The van der Waals surface area contributed by atoms with Gasteiger partial charge in [0.05, 0.1) is 10.9 Å². The lowest BCUT2D eigenvalue weighted by molar-refractivity contribution is 0.614. The van der Waals surface area contributed by atoms with Gasteiger partial charge in [-0.1, -0.05) is 6.42 Å². The Morgan fingerprint density at radius 2 is 2.12 bits per heavy atom. The second-order valence-electron chi connectivity index (χ2n) is 4.46. The first-order chi connectivity index (χ1) is 8.25. The van der Waals surface area contributed by atoms with Crippen molar-refractivity contribution in [2.24, 2.45) is 0 Å². The Balaban J connectivity index is 2.33. The van der Waals surface area contributed by atoms with Crippen LogP contribution in [0.2, 0.25) is 0 Å². The Morgan fingerprint density at radius 1 is 1.24 bits per heavy atom. The maximum absolute atomic E-state index is 12.4. The number of nitrogens with zero attached hydrogens (tertiary/aromatic N) is 2. The minimum atomic E-state index is 0.130. The Labute approximate surface area is 113 Å². The zero-order valence-corrected chi connectivity index (χ0v) is 11.6. The lowest BCUT2D eigenvalue weighted by Gasteiger charge is -2.09. The molecule has 3 rings (SSSR count). The molecule has 0 bridgehead atoms. The molecule has 0 saturated heterocycles. The summed E-state index contributed by atoms with van der Waals surface area (Å²) in [7, 11) is 0. The smallest absolute Gasteiger partial charge is 0.261 e. The summed E-state index contributed by atoms with van der Waals surface area (Å²) in [5.74, 6) is 0.959. The molecule has 2 aromatic rings. The fourth-order valence-electron chi connectivity index (χ4n) is 2.39. The van der Waals surface area contributed by atoms with E-state index in [0.717, 1.165) is 46.1 Å². The molecule has 17 heavy (non-hydrogen) atoms. The highest BCUT2D eigenvalue weighted by molar-refractivity contribution is 14.1. The van der Waals surface area contributed by atoms with Crippen molar-refractivity contribution >= 4 is 33.5 Å². The summed E-state index contributed by atoms with van der Waals surface area (Å²) in [5.41, 5.74) is 0.967. The van der Waals surface area contributed by atoms with Gasteiger partial charge in [-0.05, 0) is 53.6 Å². The Kier molecular flexibility index (Phi) is 2.90. The highest BCUT2D eigenvalue weighted by atomic mass is 127. The number of rotatable bonds is 0. The van der Waals surface area contributed by atoms with Crippen LogP contribution in [0.25, 0.3) is 10.9 Å². The maximum Gasteiger partial charge on any atom is 0.261 e. The summed E-state index contributed by atoms with van der Waals surface area (Å²) < 4.78 is 2.95. The largest absolute Gasteiger partial charge is 0.296 e. The van der Waals surface area contributed by atoms with E-state index in [1.54, 1.807) is 0 Å². The number of aromatic nitrogens is 2. The van der Waals surface area contributed by atoms with Crippen LogP contribution >= 0.6 is 22.6 Å². The topological polar surface area (TPSA) is 34.9 Å². The monoisotopic (exact) mass is 340 g/mol. The van der Waals surface area contributed by atoms with Crippen molar-refractivity contribution in [1.82, 2.24) is 9.55 Å². The van der Waals surface area contributed by atoms with E-state index in [1.807, 2.05) is 22.8 Å². The van der Waals surface area contributed by atoms with Crippen LogP contribution in [0.3, 0.4) is 0 Å². The standard InChI is InChI=1S/C13H13IN2O/c14-9-5-6-11-10(8-9)13(17)16-7-3-1-2-4-12(16)15-11/h5-6,8H,1-4,7H2. The van der Waals surface area contributed by atoms with Gasteiger partial charge in [0, 0.05) is 16.5 Å². The van der Waals surface area contributed by atoms with Crippen LogP contribution in [-0.2, 0) is 13.0 Å². The molecule has 0 amide bonds. The van der Waals surface area contributed by atoms with E-state index >= 15 is 0 Å². The molecule has 0 atom stereocenters. The van der Waals surface area contributed by atoms with Gasteiger partial charge in [0.15, 0.2) is 0 Å². The van der Waals surface area contributed by atoms with Crippen molar-refractivity contribution in [3.05, 3.63) is 37.9 Å². The first-order valence-electron chi connectivity index (χ1n) is 5.95. The third-order valence-corrected chi connectivity index (χ3v) is 3.95. The van der Waals surface area contributed by atoms with Crippen LogP contribution < -0.4 is 5.56 Å². The van der Waals surface area contributed by atoms with Crippen LogP contribution in [0.4, 0.5) is 0 Å².